The van der Waals surface area contributed by atoms with Crippen molar-refractivity contribution in [3.63, 3.8) is 0 Å². The number of methoxy groups -OCH3 is 1. The molecule has 0 aliphatic carbocycles. The van der Waals surface area contributed by atoms with Crippen LogP contribution in [-0.4, -0.2) is 59.2 Å². The fourth-order valence-corrected chi connectivity index (χ4v) is 3.95. The maximum absolute atomic E-state index is 12.7. The Morgan fingerprint density at radius 2 is 1.93 bits per heavy atom. The summed E-state index contributed by atoms with van der Waals surface area (Å²) >= 11 is 0. The number of benzene rings is 2. The molecule has 1 aliphatic rings. The molecule has 2 aromatic carbocycles. The minimum atomic E-state index is -3.64. The topological polar surface area (TPSA) is 94.2 Å². The van der Waals surface area contributed by atoms with Crippen LogP contribution in [0.25, 0.3) is 0 Å². The van der Waals surface area contributed by atoms with Gasteiger partial charge in [0.25, 0.3) is 5.91 Å². The standard InChI is InChI=1S/C21H26N2O6S/c1-23(2)30(25,26)18-10-11-20(27-3)19(13-18)22-21(24)15-6-8-16(9-7-15)29-14-17-5-4-12-28-17/h6-11,13,17H,4-5,12,14H2,1-3H3,(H,22,24)/t17-/m1/s1. The second kappa shape index (κ2) is 9.46. The molecule has 1 atom stereocenters. The summed E-state index contributed by atoms with van der Waals surface area (Å²) in [4.78, 5) is 12.7. The Bertz CT molecular complexity index is 983. The van der Waals surface area contributed by atoms with E-state index in [0.717, 1.165) is 23.8 Å². The molecule has 0 aromatic heterocycles. The lowest BCUT2D eigenvalue weighted by Crippen LogP contribution is -2.22. The fourth-order valence-electron chi connectivity index (χ4n) is 3.02. The van der Waals surface area contributed by atoms with Crippen LogP contribution < -0.4 is 14.8 Å². The van der Waals surface area contributed by atoms with Gasteiger partial charge in [-0.3, -0.25) is 4.79 Å². The van der Waals surface area contributed by atoms with E-state index in [0.29, 0.717) is 23.7 Å². The number of amides is 1. The molecule has 162 valence electrons. The monoisotopic (exact) mass is 434 g/mol. The van der Waals surface area contributed by atoms with E-state index in [4.69, 9.17) is 14.2 Å². The van der Waals surface area contributed by atoms with Crippen LogP contribution in [0.4, 0.5) is 5.69 Å². The quantitative estimate of drug-likeness (QED) is 0.687. The first-order valence-corrected chi connectivity index (χ1v) is 11.0. The average molecular weight is 435 g/mol. The number of carbonyl (C=O) groups is 1. The molecule has 1 heterocycles. The van der Waals surface area contributed by atoms with Crippen molar-refractivity contribution in [1.82, 2.24) is 4.31 Å². The molecule has 1 saturated heterocycles. The normalized spacial score (nSPS) is 16.5. The molecule has 1 amide bonds. The first-order chi connectivity index (χ1) is 14.3. The number of hydrogen-bond acceptors (Lipinski definition) is 6. The smallest absolute Gasteiger partial charge is 0.255 e. The number of hydrogen-bond donors (Lipinski definition) is 1. The molecule has 30 heavy (non-hydrogen) atoms. The zero-order valence-corrected chi connectivity index (χ0v) is 18.1. The van der Waals surface area contributed by atoms with Gasteiger partial charge in [-0.1, -0.05) is 0 Å². The molecule has 0 radical (unpaired) electrons. The SMILES string of the molecule is COc1ccc(S(=O)(=O)N(C)C)cc1NC(=O)c1ccc(OC[C@H]2CCCO2)cc1. The Hall–Kier alpha value is -2.62. The molecule has 0 unspecified atom stereocenters. The van der Waals surface area contributed by atoms with E-state index < -0.39 is 15.9 Å². The summed E-state index contributed by atoms with van der Waals surface area (Å²) < 4.78 is 42.4. The van der Waals surface area contributed by atoms with E-state index in [9.17, 15) is 13.2 Å². The van der Waals surface area contributed by atoms with Crippen LogP contribution >= 0.6 is 0 Å². The number of carbonyl (C=O) groups excluding carboxylic acids is 1. The average Bonchev–Trinajstić information content (AvgIpc) is 3.26. The van der Waals surface area contributed by atoms with Crippen LogP contribution in [0.15, 0.2) is 47.4 Å². The van der Waals surface area contributed by atoms with Crippen molar-refractivity contribution < 1.29 is 27.4 Å². The van der Waals surface area contributed by atoms with E-state index in [1.54, 1.807) is 24.3 Å². The minimum absolute atomic E-state index is 0.0569. The van der Waals surface area contributed by atoms with Crippen LogP contribution in [-0.2, 0) is 14.8 Å². The molecular formula is C21H26N2O6S. The predicted octanol–water partition coefficient (Wildman–Crippen LogP) is 2.76. The zero-order valence-electron chi connectivity index (χ0n) is 17.3. The van der Waals surface area contributed by atoms with E-state index in [-0.39, 0.29) is 16.7 Å². The third kappa shape index (κ3) is 5.10. The van der Waals surface area contributed by atoms with Gasteiger partial charge in [-0.25, -0.2) is 12.7 Å². The maximum Gasteiger partial charge on any atom is 0.255 e. The van der Waals surface area contributed by atoms with E-state index in [2.05, 4.69) is 5.32 Å². The molecule has 0 saturated carbocycles. The largest absolute Gasteiger partial charge is 0.495 e. The van der Waals surface area contributed by atoms with Gasteiger partial charge in [0.15, 0.2) is 0 Å². The fraction of sp³-hybridized carbons (Fsp3) is 0.381. The zero-order chi connectivity index (χ0) is 21.7. The van der Waals surface area contributed by atoms with Crippen LogP contribution in [0, 0.1) is 0 Å². The predicted molar refractivity (Wildman–Crippen MR) is 113 cm³/mol. The highest BCUT2D eigenvalue weighted by molar-refractivity contribution is 7.89. The highest BCUT2D eigenvalue weighted by Gasteiger charge is 2.20. The Morgan fingerprint density at radius 3 is 2.53 bits per heavy atom. The van der Waals surface area contributed by atoms with E-state index in [1.807, 2.05) is 0 Å². The van der Waals surface area contributed by atoms with Gasteiger partial charge in [0.2, 0.25) is 10.0 Å². The van der Waals surface area contributed by atoms with Crippen molar-refractivity contribution in [2.45, 2.75) is 23.8 Å². The van der Waals surface area contributed by atoms with Crippen LogP contribution in [0.3, 0.4) is 0 Å². The first kappa shape index (κ1) is 22.1. The molecular weight excluding hydrogens is 408 g/mol. The Balaban J connectivity index is 1.71. The lowest BCUT2D eigenvalue weighted by molar-refractivity contribution is 0.0679. The molecule has 8 nitrogen and oxygen atoms in total. The highest BCUT2D eigenvalue weighted by Crippen LogP contribution is 2.29. The summed E-state index contributed by atoms with van der Waals surface area (Å²) in [6.07, 6.45) is 2.16. The molecule has 1 aliphatic heterocycles. The summed E-state index contributed by atoms with van der Waals surface area (Å²) in [5.41, 5.74) is 0.673. The van der Waals surface area contributed by atoms with Gasteiger partial charge in [-0.15, -0.1) is 0 Å². The van der Waals surface area contributed by atoms with Gasteiger partial charge in [0, 0.05) is 26.3 Å². The Kier molecular flexibility index (Phi) is 6.96. The van der Waals surface area contributed by atoms with Crippen LogP contribution in [0.2, 0.25) is 0 Å². The molecule has 2 aromatic rings. The number of anilines is 1. The highest BCUT2D eigenvalue weighted by atomic mass is 32.2. The number of rotatable bonds is 8. The summed E-state index contributed by atoms with van der Waals surface area (Å²) in [5, 5.41) is 2.72. The molecule has 0 bridgehead atoms. The van der Waals surface area contributed by atoms with Crippen molar-refractivity contribution in [1.29, 1.82) is 0 Å². The Morgan fingerprint density at radius 1 is 1.20 bits per heavy atom. The Labute approximate surface area is 176 Å². The first-order valence-electron chi connectivity index (χ1n) is 9.57. The number of nitrogens with one attached hydrogen (secondary N) is 1. The lowest BCUT2D eigenvalue weighted by Gasteiger charge is -2.15. The minimum Gasteiger partial charge on any atom is -0.495 e. The molecule has 3 rings (SSSR count). The van der Waals surface area contributed by atoms with Gasteiger partial charge < -0.3 is 19.5 Å². The molecule has 9 heteroatoms. The van der Waals surface area contributed by atoms with Gasteiger partial charge in [-0.05, 0) is 55.3 Å². The summed E-state index contributed by atoms with van der Waals surface area (Å²) in [7, 11) is 0.695. The summed E-state index contributed by atoms with van der Waals surface area (Å²) in [6.45, 7) is 1.25. The van der Waals surface area contributed by atoms with Crippen molar-refractivity contribution >= 4 is 21.6 Å². The van der Waals surface area contributed by atoms with Crippen molar-refractivity contribution in [2.75, 3.05) is 39.7 Å². The van der Waals surface area contributed by atoms with Gasteiger partial charge in [-0.2, -0.15) is 0 Å². The van der Waals surface area contributed by atoms with Crippen molar-refractivity contribution in [3.05, 3.63) is 48.0 Å². The van der Waals surface area contributed by atoms with E-state index in [1.165, 1.54) is 39.4 Å². The summed E-state index contributed by atoms with van der Waals surface area (Å²) in [5.74, 6) is 0.620. The second-order valence-electron chi connectivity index (χ2n) is 7.07. The molecule has 0 spiro atoms. The lowest BCUT2D eigenvalue weighted by atomic mass is 10.2. The van der Waals surface area contributed by atoms with Gasteiger partial charge >= 0.3 is 0 Å². The maximum atomic E-state index is 12.7. The van der Waals surface area contributed by atoms with Crippen molar-refractivity contribution in [2.24, 2.45) is 0 Å². The summed E-state index contributed by atoms with van der Waals surface area (Å²) in [6, 6.07) is 11.0. The number of nitrogens with zero attached hydrogens (tertiary/aromatic N) is 1. The third-order valence-corrected chi connectivity index (χ3v) is 6.59. The third-order valence-electron chi connectivity index (χ3n) is 4.77. The van der Waals surface area contributed by atoms with Gasteiger partial charge in [0.05, 0.1) is 23.8 Å². The second-order valence-corrected chi connectivity index (χ2v) is 9.23. The van der Waals surface area contributed by atoms with E-state index >= 15 is 0 Å². The van der Waals surface area contributed by atoms with Crippen LogP contribution in [0.1, 0.15) is 23.2 Å². The molecule has 1 N–H and O–H groups in total. The van der Waals surface area contributed by atoms with Gasteiger partial charge in [0.1, 0.15) is 18.1 Å². The van der Waals surface area contributed by atoms with Crippen molar-refractivity contribution in [3.8, 4) is 11.5 Å². The van der Waals surface area contributed by atoms with Crippen LogP contribution in [0.5, 0.6) is 11.5 Å². The molecule has 1 fully saturated rings. The number of sulfonamides is 1. The number of ether oxygens (including phenoxy) is 3.